The number of nitrogens with zero attached hydrogens (tertiary/aromatic N) is 2. The van der Waals surface area contributed by atoms with Gasteiger partial charge >= 0.3 is 0 Å². The lowest BCUT2D eigenvalue weighted by atomic mass is 10.0. The molecule has 2 N–H and O–H groups in total. The standard InChI is InChI=1S/C13H17N3/c1-10-12-8-11(2-4-13(14)5-6-13)3-7-16(12)9-15-10/h3,7-9H,2,4-6,14H2,1H3. The van der Waals surface area contributed by atoms with Crippen molar-refractivity contribution in [2.75, 3.05) is 0 Å². The first kappa shape index (κ1) is 9.85. The molecule has 1 saturated carbocycles. The third kappa shape index (κ3) is 1.71. The molecular formula is C13H17N3. The van der Waals surface area contributed by atoms with Gasteiger partial charge in [-0.25, -0.2) is 4.98 Å². The Balaban J connectivity index is 1.83. The minimum Gasteiger partial charge on any atom is -0.325 e. The molecule has 0 spiro atoms. The highest BCUT2D eigenvalue weighted by molar-refractivity contribution is 5.53. The van der Waals surface area contributed by atoms with E-state index in [0.717, 1.165) is 18.5 Å². The van der Waals surface area contributed by atoms with E-state index < -0.39 is 0 Å². The van der Waals surface area contributed by atoms with Crippen LogP contribution in [0.2, 0.25) is 0 Å². The van der Waals surface area contributed by atoms with Gasteiger partial charge in [-0.2, -0.15) is 0 Å². The number of fused-ring (bicyclic) bond motifs is 1. The molecule has 2 aromatic heterocycles. The molecule has 84 valence electrons. The van der Waals surface area contributed by atoms with Crippen molar-refractivity contribution in [1.82, 2.24) is 9.38 Å². The van der Waals surface area contributed by atoms with E-state index in [-0.39, 0.29) is 5.54 Å². The maximum Gasteiger partial charge on any atom is 0.0995 e. The summed E-state index contributed by atoms with van der Waals surface area (Å²) in [4.78, 5) is 4.30. The zero-order chi connectivity index (χ0) is 11.2. The minimum absolute atomic E-state index is 0.154. The van der Waals surface area contributed by atoms with Crippen LogP contribution in [-0.2, 0) is 6.42 Å². The Morgan fingerprint density at radius 2 is 2.31 bits per heavy atom. The summed E-state index contributed by atoms with van der Waals surface area (Å²) in [6, 6.07) is 4.40. The Labute approximate surface area is 95.3 Å². The van der Waals surface area contributed by atoms with Crippen molar-refractivity contribution in [3.05, 3.63) is 35.9 Å². The summed E-state index contributed by atoms with van der Waals surface area (Å²) in [5.74, 6) is 0. The second kappa shape index (κ2) is 3.32. The fraction of sp³-hybridized carbons (Fsp3) is 0.462. The lowest BCUT2D eigenvalue weighted by Gasteiger charge is -2.08. The van der Waals surface area contributed by atoms with Gasteiger partial charge in [0.1, 0.15) is 0 Å². The van der Waals surface area contributed by atoms with Crippen molar-refractivity contribution in [2.24, 2.45) is 5.73 Å². The molecule has 1 aliphatic carbocycles. The summed E-state index contributed by atoms with van der Waals surface area (Å²) in [6.45, 7) is 2.05. The van der Waals surface area contributed by atoms with E-state index in [1.807, 2.05) is 13.3 Å². The van der Waals surface area contributed by atoms with Gasteiger partial charge in [0, 0.05) is 11.7 Å². The Hall–Kier alpha value is -1.35. The van der Waals surface area contributed by atoms with Crippen LogP contribution in [0, 0.1) is 6.92 Å². The highest BCUT2D eigenvalue weighted by Crippen LogP contribution is 2.36. The Kier molecular flexibility index (Phi) is 2.04. The first-order valence-electron chi connectivity index (χ1n) is 5.87. The SMILES string of the molecule is Cc1ncn2ccc(CCC3(N)CC3)cc12. The third-order valence-corrected chi connectivity index (χ3v) is 3.60. The molecule has 1 aliphatic rings. The van der Waals surface area contributed by atoms with E-state index in [9.17, 15) is 0 Å². The van der Waals surface area contributed by atoms with E-state index >= 15 is 0 Å². The molecule has 0 amide bonds. The number of pyridine rings is 1. The van der Waals surface area contributed by atoms with Crippen molar-refractivity contribution in [3.8, 4) is 0 Å². The average Bonchev–Trinajstić information content (AvgIpc) is 2.92. The molecule has 0 radical (unpaired) electrons. The zero-order valence-corrected chi connectivity index (χ0v) is 9.61. The van der Waals surface area contributed by atoms with Crippen LogP contribution in [0.5, 0.6) is 0 Å². The molecule has 16 heavy (non-hydrogen) atoms. The lowest BCUT2D eigenvalue weighted by molar-refractivity contribution is 0.609. The zero-order valence-electron chi connectivity index (χ0n) is 9.61. The Bertz CT molecular complexity index is 523. The van der Waals surface area contributed by atoms with Crippen molar-refractivity contribution in [2.45, 2.75) is 38.1 Å². The molecule has 2 heterocycles. The van der Waals surface area contributed by atoms with Crippen LogP contribution in [0.25, 0.3) is 5.52 Å². The fourth-order valence-electron chi connectivity index (χ4n) is 2.12. The van der Waals surface area contributed by atoms with Crippen molar-refractivity contribution in [1.29, 1.82) is 0 Å². The van der Waals surface area contributed by atoms with Crippen molar-refractivity contribution in [3.63, 3.8) is 0 Å². The van der Waals surface area contributed by atoms with Crippen LogP contribution in [0.4, 0.5) is 0 Å². The molecule has 0 saturated heterocycles. The highest BCUT2D eigenvalue weighted by atomic mass is 15.0. The molecule has 0 aliphatic heterocycles. The topological polar surface area (TPSA) is 43.3 Å². The summed E-state index contributed by atoms with van der Waals surface area (Å²) in [6.07, 6.45) is 8.52. The maximum absolute atomic E-state index is 6.10. The molecular weight excluding hydrogens is 198 g/mol. The number of aromatic nitrogens is 2. The average molecular weight is 215 g/mol. The first-order valence-corrected chi connectivity index (χ1v) is 5.87. The number of nitrogens with two attached hydrogens (primary N) is 1. The van der Waals surface area contributed by atoms with E-state index in [4.69, 9.17) is 5.73 Å². The van der Waals surface area contributed by atoms with Gasteiger partial charge in [0.2, 0.25) is 0 Å². The molecule has 0 bridgehead atoms. The van der Waals surface area contributed by atoms with Gasteiger partial charge in [0.25, 0.3) is 0 Å². The second-order valence-corrected chi connectivity index (χ2v) is 5.02. The van der Waals surface area contributed by atoms with E-state index in [1.54, 1.807) is 0 Å². The van der Waals surface area contributed by atoms with Crippen LogP contribution in [0.15, 0.2) is 24.7 Å². The van der Waals surface area contributed by atoms with Crippen LogP contribution < -0.4 is 5.73 Å². The number of aryl methyl sites for hydroxylation is 2. The normalized spacial score (nSPS) is 17.9. The first-order chi connectivity index (χ1) is 7.66. The minimum atomic E-state index is 0.154. The third-order valence-electron chi connectivity index (χ3n) is 3.60. The predicted molar refractivity (Wildman–Crippen MR) is 64.4 cm³/mol. The van der Waals surface area contributed by atoms with Crippen molar-refractivity contribution >= 4 is 5.52 Å². The van der Waals surface area contributed by atoms with Gasteiger partial charge in [-0.3, -0.25) is 0 Å². The molecule has 3 heteroatoms. The number of hydrogen-bond acceptors (Lipinski definition) is 2. The van der Waals surface area contributed by atoms with Gasteiger partial charge in [0.05, 0.1) is 17.5 Å². The molecule has 3 rings (SSSR count). The smallest absolute Gasteiger partial charge is 0.0995 e. The number of hydrogen-bond donors (Lipinski definition) is 1. The predicted octanol–water partition coefficient (Wildman–Crippen LogP) is 2.07. The Morgan fingerprint density at radius 1 is 1.50 bits per heavy atom. The van der Waals surface area contributed by atoms with Gasteiger partial charge in [-0.15, -0.1) is 0 Å². The largest absolute Gasteiger partial charge is 0.325 e. The molecule has 0 unspecified atom stereocenters. The summed E-state index contributed by atoms with van der Waals surface area (Å²) in [5.41, 5.74) is 9.92. The van der Waals surface area contributed by atoms with Gasteiger partial charge in [0.15, 0.2) is 0 Å². The van der Waals surface area contributed by atoms with Gasteiger partial charge in [-0.05, 0) is 50.3 Å². The van der Waals surface area contributed by atoms with E-state index in [0.29, 0.717) is 0 Å². The summed E-state index contributed by atoms with van der Waals surface area (Å²) >= 11 is 0. The van der Waals surface area contributed by atoms with E-state index in [1.165, 1.54) is 23.9 Å². The monoisotopic (exact) mass is 215 g/mol. The van der Waals surface area contributed by atoms with E-state index in [2.05, 4.69) is 27.7 Å². The highest BCUT2D eigenvalue weighted by Gasteiger charge is 2.37. The van der Waals surface area contributed by atoms with Crippen LogP contribution in [0.1, 0.15) is 30.5 Å². The quantitative estimate of drug-likeness (QED) is 0.851. The molecule has 0 atom stereocenters. The molecule has 1 fully saturated rings. The second-order valence-electron chi connectivity index (χ2n) is 5.02. The number of rotatable bonds is 3. The van der Waals surface area contributed by atoms with Crippen molar-refractivity contribution < 1.29 is 0 Å². The van der Waals surface area contributed by atoms with Crippen LogP contribution in [-0.4, -0.2) is 14.9 Å². The Morgan fingerprint density at radius 3 is 3.06 bits per heavy atom. The molecule has 2 aromatic rings. The number of imidazole rings is 1. The molecule has 3 nitrogen and oxygen atoms in total. The summed E-state index contributed by atoms with van der Waals surface area (Å²) < 4.78 is 2.06. The maximum atomic E-state index is 6.10. The summed E-state index contributed by atoms with van der Waals surface area (Å²) in [7, 11) is 0. The summed E-state index contributed by atoms with van der Waals surface area (Å²) in [5, 5.41) is 0. The lowest BCUT2D eigenvalue weighted by Crippen LogP contribution is -2.22. The van der Waals surface area contributed by atoms with Gasteiger partial charge in [-0.1, -0.05) is 0 Å². The fourth-order valence-corrected chi connectivity index (χ4v) is 2.12. The molecule has 0 aromatic carbocycles. The van der Waals surface area contributed by atoms with Gasteiger partial charge < -0.3 is 10.1 Å². The van der Waals surface area contributed by atoms with Crippen LogP contribution >= 0.6 is 0 Å². The van der Waals surface area contributed by atoms with Crippen LogP contribution in [0.3, 0.4) is 0 Å².